The molecule has 0 spiro atoms. The molecule has 5 nitrogen and oxygen atoms in total. The molecule has 0 bridgehead atoms. The highest BCUT2D eigenvalue weighted by molar-refractivity contribution is 6.01. The highest BCUT2D eigenvalue weighted by Crippen LogP contribution is 2.25. The molecule has 4 rings (SSSR count). The number of para-hydroxylation sites is 2. The maximum absolute atomic E-state index is 12.9. The smallest absolute Gasteiger partial charge is 0.249 e. The van der Waals surface area contributed by atoms with Gasteiger partial charge in [-0.25, -0.2) is 0 Å². The minimum absolute atomic E-state index is 0.0306. The number of amides is 2. The second-order valence-corrected chi connectivity index (χ2v) is 7.52. The Hall–Kier alpha value is -3.08. The van der Waals surface area contributed by atoms with Crippen LogP contribution in [0.5, 0.6) is 0 Å². The minimum atomic E-state index is -0.346. The van der Waals surface area contributed by atoms with Gasteiger partial charge in [-0.3, -0.25) is 9.59 Å². The van der Waals surface area contributed by atoms with Crippen LogP contribution in [-0.2, 0) is 16.0 Å². The Morgan fingerprint density at radius 3 is 2.69 bits per heavy atom. The molecule has 1 atom stereocenters. The molecule has 2 heterocycles. The van der Waals surface area contributed by atoms with Crippen LogP contribution in [0.25, 0.3) is 10.9 Å². The highest BCUT2D eigenvalue weighted by Gasteiger charge is 2.37. The Bertz CT molecular complexity index is 996. The molecule has 0 aliphatic carbocycles. The molecule has 1 aromatic heterocycles. The van der Waals surface area contributed by atoms with Gasteiger partial charge in [0.15, 0.2) is 0 Å². The topological polar surface area (TPSA) is 56.4 Å². The molecule has 1 N–H and O–H groups in total. The standard InChI is InChI=1S/C24H27N3O2/c1-2-26(22-15-16-27(24(22)29)19-10-4-3-5-11-19)23(28)14-8-9-18-17-25-21-13-7-6-12-20(18)21/h3-7,10-13,17,22,25H,2,8-9,14-16H2,1H3. The quantitative estimate of drug-likeness (QED) is 0.660. The number of carbonyl (C=O) groups is 2. The van der Waals surface area contributed by atoms with Gasteiger partial charge < -0.3 is 14.8 Å². The van der Waals surface area contributed by atoms with Crippen LogP contribution in [0, 0.1) is 0 Å². The SMILES string of the molecule is CCN(C(=O)CCCc1c[nH]c2ccccc12)C1CCN(c2ccccc2)C1=O. The number of carbonyl (C=O) groups excluding carboxylic acids is 2. The van der Waals surface area contributed by atoms with E-state index in [1.54, 1.807) is 9.80 Å². The van der Waals surface area contributed by atoms with Crippen molar-refractivity contribution in [2.24, 2.45) is 0 Å². The average molecular weight is 389 g/mol. The number of H-pyrrole nitrogens is 1. The molecule has 1 aliphatic rings. The van der Waals surface area contributed by atoms with E-state index in [9.17, 15) is 9.59 Å². The van der Waals surface area contributed by atoms with E-state index < -0.39 is 0 Å². The normalized spacial score (nSPS) is 16.5. The minimum Gasteiger partial charge on any atom is -0.361 e. The number of likely N-dealkylation sites (N-methyl/N-ethyl adjacent to an activating group) is 1. The number of nitrogens with one attached hydrogen (secondary N) is 1. The summed E-state index contributed by atoms with van der Waals surface area (Å²) in [5, 5.41) is 1.22. The summed E-state index contributed by atoms with van der Waals surface area (Å²) in [4.78, 5) is 32.7. The summed E-state index contributed by atoms with van der Waals surface area (Å²) in [7, 11) is 0. The third-order valence-electron chi connectivity index (χ3n) is 5.79. The maximum atomic E-state index is 12.9. The average Bonchev–Trinajstić information content (AvgIpc) is 3.34. The highest BCUT2D eigenvalue weighted by atomic mass is 16.2. The number of rotatable bonds is 7. The van der Waals surface area contributed by atoms with Gasteiger partial charge in [0.1, 0.15) is 6.04 Å². The largest absolute Gasteiger partial charge is 0.361 e. The molecule has 5 heteroatoms. The van der Waals surface area contributed by atoms with Crippen LogP contribution in [0.15, 0.2) is 60.8 Å². The van der Waals surface area contributed by atoms with Crippen molar-refractivity contribution in [1.82, 2.24) is 9.88 Å². The monoisotopic (exact) mass is 389 g/mol. The van der Waals surface area contributed by atoms with Gasteiger partial charge in [-0.05, 0) is 49.9 Å². The first-order valence-electron chi connectivity index (χ1n) is 10.4. The summed E-state index contributed by atoms with van der Waals surface area (Å²) in [5.74, 6) is 0.101. The molecule has 1 saturated heterocycles. The Morgan fingerprint density at radius 1 is 1.14 bits per heavy atom. The van der Waals surface area contributed by atoms with Crippen molar-refractivity contribution in [2.45, 2.75) is 38.6 Å². The van der Waals surface area contributed by atoms with E-state index in [1.165, 1.54) is 10.9 Å². The predicted octanol–water partition coefficient (Wildman–Crippen LogP) is 4.14. The lowest BCUT2D eigenvalue weighted by Crippen LogP contribution is -2.45. The number of benzene rings is 2. The Balaban J connectivity index is 1.36. The summed E-state index contributed by atoms with van der Waals surface area (Å²) >= 11 is 0. The number of hydrogen-bond acceptors (Lipinski definition) is 2. The van der Waals surface area contributed by atoms with Crippen LogP contribution in [0.4, 0.5) is 5.69 Å². The van der Waals surface area contributed by atoms with E-state index in [4.69, 9.17) is 0 Å². The van der Waals surface area contributed by atoms with Crippen molar-refractivity contribution in [3.63, 3.8) is 0 Å². The van der Waals surface area contributed by atoms with Crippen molar-refractivity contribution in [2.75, 3.05) is 18.0 Å². The summed E-state index contributed by atoms with van der Waals surface area (Å²) in [5.41, 5.74) is 3.27. The van der Waals surface area contributed by atoms with Gasteiger partial charge in [0.05, 0.1) is 0 Å². The van der Waals surface area contributed by atoms with Gasteiger partial charge in [0.2, 0.25) is 11.8 Å². The number of anilines is 1. The fourth-order valence-electron chi connectivity index (χ4n) is 4.30. The molecule has 29 heavy (non-hydrogen) atoms. The van der Waals surface area contributed by atoms with Crippen molar-refractivity contribution in [1.29, 1.82) is 0 Å². The summed E-state index contributed by atoms with van der Waals surface area (Å²) in [6, 6.07) is 17.6. The third kappa shape index (κ3) is 3.90. The second kappa shape index (κ2) is 8.52. The van der Waals surface area contributed by atoms with Gasteiger partial charge >= 0.3 is 0 Å². The number of aryl methyl sites for hydroxylation is 1. The summed E-state index contributed by atoms with van der Waals surface area (Å²) in [6.07, 6.45) is 4.81. The van der Waals surface area contributed by atoms with Gasteiger partial charge in [-0.1, -0.05) is 36.4 Å². The van der Waals surface area contributed by atoms with Gasteiger partial charge in [0, 0.05) is 42.3 Å². The summed E-state index contributed by atoms with van der Waals surface area (Å²) in [6.45, 7) is 3.17. The number of fused-ring (bicyclic) bond motifs is 1. The van der Waals surface area contributed by atoms with Gasteiger partial charge in [-0.15, -0.1) is 0 Å². The molecule has 2 aromatic carbocycles. The Labute approximate surface area is 171 Å². The first kappa shape index (κ1) is 19.2. The molecule has 1 aliphatic heterocycles. The molecule has 0 saturated carbocycles. The third-order valence-corrected chi connectivity index (χ3v) is 5.79. The maximum Gasteiger partial charge on any atom is 0.249 e. The lowest BCUT2D eigenvalue weighted by atomic mass is 10.1. The summed E-state index contributed by atoms with van der Waals surface area (Å²) < 4.78 is 0. The van der Waals surface area contributed by atoms with E-state index in [1.807, 2.05) is 55.6 Å². The molecular formula is C24H27N3O2. The zero-order valence-electron chi connectivity index (χ0n) is 16.8. The molecule has 1 fully saturated rings. The first-order chi connectivity index (χ1) is 14.2. The van der Waals surface area contributed by atoms with Crippen LogP contribution in [-0.4, -0.2) is 40.8 Å². The zero-order chi connectivity index (χ0) is 20.2. The molecular weight excluding hydrogens is 362 g/mol. The van der Waals surface area contributed by atoms with Crippen molar-refractivity contribution < 1.29 is 9.59 Å². The second-order valence-electron chi connectivity index (χ2n) is 7.52. The van der Waals surface area contributed by atoms with Gasteiger partial charge in [-0.2, -0.15) is 0 Å². The van der Waals surface area contributed by atoms with E-state index in [2.05, 4.69) is 17.1 Å². The van der Waals surface area contributed by atoms with Crippen LogP contribution in [0.3, 0.4) is 0 Å². The number of aromatic amines is 1. The van der Waals surface area contributed by atoms with E-state index in [-0.39, 0.29) is 17.9 Å². The zero-order valence-corrected chi connectivity index (χ0v) is 16.8. The number of hydrogen-bond donors (Lipinski definition) is 1. The molecule has 150 valence electrons. The molecule has 3 aromatic rings. The molecule has 2 amide bonds. The van der Waals surface area contributed by atoms with Crippen LogP contribution >= 0.6 is 0 Å². The van der Waals surface area contributed by atoms with Crippen molar-refractivity contribution in [3.05, 3.63) is 66.4 Å². The van der Waals surface area contributed by atoms with Gasteiger partial charge in [0.25, 0.3) is 0 Å². The Morgan fingerprint density at radius 2 is 1.90 bits per heavy atom. The fourth-order valence-corrected chi connectivity index (χ4v) is 4.30. The number of nitrogens with zero attached hydrogens (tertiary/aromatic N) is 2. The number of aromatic nitrogens is 1. The van der Waals surface area contributed by atoms with E-state index in [0.29, 0.717) is 25.9 Å². The van der Waals surface area contributed by atoms with Crippen LogP contribution in [0.2, 0.25) is 0 Å². The Kier molecular flexibility index (Phi) is 5.65. The lowest BCUT2D eigenvalue weighted by molar-refractivity contribution is -0.138. The fraction of sp³-hybridized carbons (Fsp3) is 0.333. The first-order valence-corrected chi connectivity index (χ1v) is 10.4. The van der Waals surface area contributed by atoms with Crippen molar-refractivity contribution in [3.8, 4) is 0 Å². The van der Waals surface area contributed by atoms with E-state index >= 15 is 0 Å². The van der Waals surface area contributed by atoms with Crippen molar-refractivity contribution >= 4 is 28.4 Å². The molecule has 0 radical (unpaired) electrons. The van der Waals surface area contributed by atoms with Crippen LogP contribution in [0.1, 0.15) is 31.7 Å². The lowest BCUT2D eigenvalue weighted by Gasteiger charge is -2.27. The predicted molar refractivity (Wildman–Crippen MR) is 116 cm³/mol. The van der Waals surface area contributed by atoms with E-state index in [0.717, 1.165) is 24.0 Å². The van der Waals surface area contributed by atoms with Crippen LogP contribution < -0.4 is 4.90 Å². The molecule has 1 unspecified atom stereocenters.